The molecular weight excluding hydrogens is 280 g/mol. The van der Waals surface area contributed by atoms with E-state index in [1.165, 1.54) is 11.8 Å². The molecule has 1 aromatic carbocycles. The molecule has 0 unspecified atom stereocenters. The average Bonchev–Trinajstić information content (AvgIpc) is 2.54. The number of hydrogen-bond acceptors (Lipinski definition) is 4. The fourth-order valence-corrected chi connectivity index (χ4v) is 1.84. The topological polar surface area (TPSA) is 68.3 Å². The number of ether oxygens (including phenoxy) is 1. The molecule has 1 N–H and O–H groups in total. The average molecular weight is 298 g/mol. The molecule has 22 heavy (non-hydrogen) atoms. The van der Waals surface area contributed by atoms with Crippen LogP contribution in [-0.4, -0.2) is 23.4 Å². The number of carbonyl (C=O) groups excluding carboxylic acids is 2. The van der Waals surface area contributed by atoms with Crippen LogP contribution in [0.4, 0.5) is 0 Å². The van der Waals surface area contributed by atoms with E-state index in [9.17, 15) is 9.59 Å². The summed E-state index contributed by atoms with van der Waals surface area (Å²) in [6, 6.07) is 10.6. The molecule has 0 aliphatic heterocycles. The molecule has 1 heterocycles. The molecule has 2 aromatic rings. The highest BCUT2D eigenvalue weighted by Gasteiger charge is 2.10. The van der Waals surface area contributed by atoms with Crippen molar-refractivity contribution in [2.75, 3.05) is 6.54 Å². The van der Waals surface area contributed by atoms with Gasteiger partial charge in [-0.3, -0.25) is 9.78 Å². The molecule has 0 bridgehead atoms. The third-order valence-electron chi connectivity index (χ3n) is 3.10. The molecule has 0 spiro atoms. The van der Waals surface area contributed by atoms with E-state index in [0.29, 0.717) is 17.2 Å². The number of pyridine rings is 1. The highest BCUT2D eigenvalue weighted by molar-refractivity contribution is 5.95. The van der Waals surface area contributed by atoms with Crippen molar-refractivity contribution in [3.8, 4) is 5.75 Å². The zero-order valence-corrected chi connectivity index (χ0v) is 12.6. The molecule has 0 atom stereocenters. The van der Waals surface area contributed by atoms with Crippen molar-refractivity contribution >= 4 is 11.9 Å². The number of hydrogen-bond donors (Lipinski definition) is 1. The maximum atomic E-state index is 11.8. The molecule has 0 saturated heterocycles. The molecule has 1 aromatic heterocycles. The van der Waals surface area contributed by atoms with Crippen LogP contribution in [0.2, 0.25) is 0 Å². The van der Waals surface area contributed by atoms with Crippen LogP contribution in [-0.2, 0) is 4.79 Å². The van der Waals surface area contributed by atoms with Gasteiger partial charge in [-0.15, -0.1) is 0 Å². The normalized spacial score (nSPS) is 10.3. The van der Waals surface area contributed by atoms with Crippen LogP contribution in [0.3, 0.4) is 0 Å². The van der Waals surface area contributed by atoms with Crippen molar-refractivity contribution in [2.45, 2.75) is 19.8 Å². The molecule has 5 nitrogen and oxygen atoms in total. The Morgan fingerprint density at radius 1 is 1.18 bits per heavy atom. The van der Waals surface area contributed by atoms with Gasteiger partial charge in [0.05, 0.1) is 5.56 Å². The molecule has 2 rings (SSSR count). The largest absolute Gasteiger partial charge is 0.425 e. The third-order valence-corrected chi connectivity index (χ3v) is 3.10. The maximum absolute atomic E-state index is 11.8. The van der Waals surface area contributed by atoms with Gasteiger partial charge in [0, 0.05) is 12.4 Å². The molecule has 1 amide bonds. The van der Waals surface area contributed by atoms with E-state index >= 15 is 0 Å². The van der Waals surface area contributed by atoms with Crippen molar-refractivity contribution < 1.29 is 14.3 Å². The maximum Gasteiger partial charge on any atom is 0.330 e. The first kappa shape index (κ1) is 15.7. The summed E-state index contributed by atoms with van der Waals surface area (Å²) in [5.41, 5.74) is 1.57. The quantitative estimate of drug-likeness (QED) is 0.680. The first-order valence-electron chi connectivity index (χ1n) is 7.05. The highest BCUT2D eigenvalue weighted by atomic mass is 16.5. The summed E-state index contributed by atoms with van der Waals surface area (Å²) in [4.78, 5) is 27.3. The van der Waals surface area contributed by atoms with E-state index in [0.717, 1.165) is 0 Å². The number of nitrogens with one attached hydrogen (secondary N) is 1. The van der Waals surface area contributed by atoms with Crippen molar-refractivity contribution in [1.29, 1.82) is 0 Å². The van der Waals surface area contributed by atoms with Gasteiger partial charge in [-0.05, 0) is 35.7 Å². The Morgan fingerprint density at radius 2 is 1.91 bits per heavy atom. The van der Waals surface area contributed by atoms with Gasteiger partial charge in [-0.2, -0.15) is 0 Å². The predicted molar refractivity (Wildman–Crippen MR) is 82.7 cm³/mol. The number of nitrogens with zero attached hydrogens (tertiary/aromatic N) is 1. The van der Waals surface area contributed by atoms with E-state index in [1.807, 2.05) is 12.1 Å². The standard InChI is InChI=1S/C17H18N2O3/c1-12(2)13-5-7-15(8-6-13)22-16(20)11-19-17(21)14-4-3-9-18-10-14/h3-10,12H,11H2,1-2H3,(H,19,21). The molecular formula is C17H18N2O3. The Labute approximate surface area is 129 Å². The second-order valence-corrected chi connectivity index (χ2v) is 5.12. The second-order valence-electron chi connectivity index (χ2n) is 5.12. The molecule has 0 fully saturated rings. The lowest BCUT2D eigenvalue weighted by Gasteiger charge is -2.08. The SMILES string of the molecule is CC(C)c1ccc(OC(=O)CNC(=O)c2cccnc2)cc1. The summed E-state index contributed by atoms with van der Waals surface area (Å²) in [5.74, 6) is 0.00305. The van der Waals surface area contributed by atoms with Crippen LogP contribution < -0.4 is 10.1 Å². The monoisotopic (exact) mass is 298 g/mol. The van der Waals surface area contributed by atoms with Gasteiger partial charge in [0.15, 0.2) is 0 Å². The first-order chi connectivity index (χ1) is 10.6. The summed E-state index contributed by atoms with van der Waals surface area (Å²) in [6.45, 7) is 3.99. The van der Waals surface area contributed by atoms with Gasteiger partial charge in [-0.25, -0.2) is 4.79 Å². The van der Waals surface area contributed by atoms with Gasteiger partial charge in [-0.1, -0.05) is 26.0 Å². The van der Waals surface area contributed by atoms with Gasteiger partial charge < -0.3 is 10.1 Å². The zero-order chi connectivity index (χ0) is 15.9. The van der Waals surface area contributed by atoms with Crippen molar-refractivity contribution in [3.63, 3.8) is 0 Å². The molecule has 0 saturated carbocycles. The van der Waals surface area contributed by atoms with Crippen LogP contribution in [0.5, 0.6) is 5.75 Å². The van der Waals surface area contributed by atoms with Crippen LogP contribution in [0, 0.1) is 0 Å². The Hall–Kier alpha value is -2.69. The van der Waals surface area contributed by atoms with E-state index in [2.05, 4.69) is 24.1 Å². The van der Waals surface area contributed by atoms with E-state index in [1.54, 1.807) is 30.5 Å². The minimum Gasteiger partial charge on any atom is -0.425 e. The second kappa shape index (κ2) is 7.36. The van der Waals surface area contributed by atoms with Crippen LogP contribution >= 0.6 is 0 Å². The van der Waals surface area contributed by atoms with E-state index < -0.39 is 5.97 Å². The van der Waals surface area contributed by atoms with Crippen molar-refractivity contribution in [3.05, 3.63) is 59.9 Å². The lowest BCUT2D eigenvalue weighted by Crippen LogP contribution is -2.31. The first-order valence-corrected chi connectivity index (χ1v) is 7.05. The fourth-order valence-electron chi connectivity index (χ4n) is 1.84. The van der Waals surface area contributed by atoms with Crippen LogP contribution in [0.15, 0.2) is 48.8 Å². The summed E-state index contributed by atoms with van der Waals surface area (Å²) in [5, 5.41) is 2.50. The number of rotatable bonds is 5. The van der Waals surface area contributed by atoms with E-state index in [4.69, 9.17) is 4.74 Å². The summed E-state index contributed by atoms with van der Waals surface area (Å²) >= 11 is 0. The van der Waals surface area contributed by atoms with Crippen LogP contribution in [0.25, 0.3) is 0 Å². The van der Waals surface area contributed by atoms with Crippen LogP contribution in [0.1, 0.15) is 35.7 Å². The number of amides is 1. The summed E-state index contributed by atoms with van der Waals surface area (Å²) in [7, 11) is 0. The molecule has 0 aliphatic carbocycles. The Morgan fingerprint density at radius 3 is 2.50 bits per heavy atom. The highest BCUT2D eigenvalue weighted by Crippen LogP contribution is 2.18. The number of esters is 1. The van der Waals surface area contributed by atoms with Gasteiger partial charge in [0.25, 0.3) is 5.91 Å². The summed E-state index contributed by atoms with van der Waals surface area (Å²) < 4.78 is 5.17. The fraction of sp³-hybridized carbons (Fsp3) is 0.235. The Balaban J connectivity index is 1.84. The molecule has 5 heteroatoms. The Kier molecular flexibility index (Phi) is 5.25. The van der Waals surface area contributed by atoms with E-state index in [-0.39, 0.29) is 12.5 Å². The van der Waals surface area contributed by atoms with Crippen molar-refractivity contribution in [1.82, 2.24) is 10.3 Å². The predicted octanol–water partition coefficient (Wildman–Crippen LogP) is 2.54. The summed E-state index contributed by atoms with van der Waals surface area (Å²) in [6.07, 6.45) is 3.01. The smallest absolute Gasteiger partial charge is 0.330 e. The number of benzene rings is 1. The molecule has 0 aliphatic rings. The number of aromatic nitrogens is 1. The lowest BCUT2D eigenvalue weighted by atomic mass is 10.0. The van der Waals surface area contributed by atoms with Gasteiger partial charge in [0.2, 0.25) is 0 Å². The molecule has 0 radical (unpaired) electrons. The Bertz CT molecular complexity index is 637. The number of carbonyl (C=O) groups is 2. The minimum atomic E-state index is -0.519. The molecule has 114 valence electrons. The van der Waals surface area contributed by atoms with Crippen molar-refractivity contribution in [2.24, 2.45) is 0 Å². The zero-order valence-electron chi connectivity index (χ0n) is 12.6. The van der Waals surface area contributed by atoms with Gasteiger partial charge in [0.1, 0.15) is 12.3 Å². The lowest BCUT2D eigenvalue weighted by molar-refractivity contribution is -0.133. The third kappa shape index (κ3) is 4.41. The minimum absolute atomic E-state index is 0.195. The van der Waals surface area contributed by atoms with Gasteiger partial charge >= 0.3 is 5.97 Å².